The molecule has 1 rings (SSSR count). The van der Waals surface area contributed by atoms with E-state index in [1.807, 2.05) is 6.92 Å². The van der Waals surface area contributed by atoms with E-state index >= 15 is 0 Å². The van der Waals surface area contributed by atoms with Gasteiger partial charge >= 0.3 is 0 Å². The van der Waals surface area contributed by atoms with Gasteiger partial charge in [0.15, 0.2) is 6.61 Å². The van der Waals surface area contributed by atoms with Gasteiger partial charge in [-0.15, -0.1) is 0 Å². The largest absolute Gasteiger partial charge is 0.484 e. The highest BCUT2D eigenvalue weighted by molar-refractivity contribution is 6.30. The summed E-state index contributed by atoms with van der Waals surface area (Å²) in [4.78, 5) is 11.4. The van der Waals surface area contributed by atoms with Gasteiger partial charge in [0.05, 0.1) is 0 Å². The monoisotopic (exact) mass is 257 g/mol. The Labute approximate surface area is 106 Å². The number of aliphatic hydroxyl groups excluding tert-OH is 1. The van der Waals surface area contributed by atoms with Crippen molar-refractivity contribution < 1.29 is 14.6 Å². The Morgan fingerprint density at radius 3 is 3.00 bits per heavy atom. The highest BCUT2D eigenvalue weighted by atomic mass is 35.5. The maximum Gasteiger partial charge on any atom is 0.257 e. The summed E-state index contributed by atoms with van der Waals surface area (Å²) in [6, 6.07) is 6.86. The number of aliphatic hydroxyl groups is 1. The highest BCUT2D eigenvalue weighted by Gasteiger charge is 2.05. The molecule has 1 atom stereocenters. The molecule has 0 aromatic heterocycles. The molecule has 94 valence electrons. The molecule has 1 unspecified atom stereocenters. The molecule has 0 saturated carbocycles. The van der Waals surface area contributed by atoms with E-state index in [0.29, 0.717) is 17.3 Å². The molecule has 1 aromatic rings. The van der Waals surface area contributed by atoms with Gasteiger partial charge in [-0.3, -0.25) is 4.79 Å². The minimum absolute atomic E-state index is 0.0464. The maximum absolute atomic E-state index is 11.4. The fourth-order valence-electron chi connectivity index (χ4n) is 1.11. The van der Waals surface area contributed by atoms with Crippen molar-refractivity contribution in [3.05, 3.63) is 29.3 Å². The minimum atomic E-state index is -0.217. The second-order valence-corrected chi connectivity index (χ2v) is 4.27. The van der Waals surface area contributed by atoms with Crippen LogP contribution in [0.5, 0.6) is 5.75 Å². The van der Waals surface area contributed by atoms with Crippen LogP contribution in [-0.2, 0) is 4.79 Å². The van der Waals surface area contributed by atoms with Crippen molar-refractivity contribution in [1.82, 2.24) is 5.32 Å². The Hall–Kier alpha value is -1.26. The topological polar surface area (TPSA) is 58.6 Å². The van der Waals surface area contributed by atoms with E-state index < -0.39 is 0 Å². The third-order valence-electron chi connectivity index (χ3n) is 2.13. The fraction of sp³-hybridized carbons (Fsp3) is 0.417. The molecule has 0 fully saturated rings. The van der Waals surface area contributed by atoms with Crippen LogP contribution in [0, 0.1) is 5.92 Å². The lowest BCUT2D eigenvalue weighted by molar-refractivity contribution is -0.123. The zero-order chi connectivity index (χ0) is 12.7. The zero-order valence-electron chi connectivity index (χ0n) is 9.65. The predicted octanol–water partition coefficient (Wildman–Crippen LogP) is 1.46. The van der Waals surface area contributed by atoms with Crippen molar-refractivity contribution in [3.8, 4) is 5.75 Å². The first-order valence-corrected chi connectivity index (χ1v) is 5.75. The number of ether oxygens (including phenoxy) is 1. The molecule has 17 heavy (non-hydrogen) atoms. The SMILES string of the molecule is CC(CO)CNC(=O)COc1cccc(Cl)c1. The molecule has 0 saturated heterocycles. The average Bonchev–Trinajstić information content (AvgIpc) is 2.33. The van der Waals surface area contributed by atoms with Gasteiger partial charge in [-0.05, 0) is 24.1 Å². The van der Waals surface area contributed by atoms with Gasteiger partial charge in [0.25, 0.3) is 5.91 Å². The Kier molecular flexibility index (Phi) is 5.80. The minimum Gasteiger partial charge on any atom is -0.484 e. The molecule has 0 heterocycles. The van der Waals surface area contributed by atoms with Crippen LogP contribution in [0.25, 0.3) is 0 Å². The molecule has 0 aliphatic heterocycles. The van der Waals surface area contributed by atoms with Crippen LogP contribution in [0.1, 0.15) is 6.92 Å². The molecular weight excluding hydrogens is 242 g/mol. The van der Waals surface area contributed by atoms with Gasteiger partial charge in [0, 0.05) is 18.2 Å². The quantitative estimate of drug-likeness (QED) is 0.811. The summed E-state index contributed by atoms with van der Waals surface area (Å²) in [5.74, 6) is 0.387. The molecule has 0 bridgehead atoms. The first kappa shape index (κ1) is 13.8. The first-order valence-electron chi connectivity index (χ1n) is 5.37. The van der Waals surface area contributed by atoms with E-state index in [9.17, 15) is 4.79 Å². The molecule has 2 N–H and O–H groups in total. The summed E-state index contributed by atoms with van der Waals surface area (Å²) >= 11 is 5.77. The lowest BCUT2D eigenvalue weighted by Gasteiger charge is -2.10. The van der Waals surface area contributed by atoms with Crippen LogP contribution in [0.15, 0.2) is 24.3 Å². The van der Waals surface area contributed by atoms with E-state index in [1.54, 1.807) is 24.3 Å². The average molecular weight is 258 g/mol. The number of rotatable bonds is 6. The number of benzene rings is 1. The van der Waals surface area contributed by atoms with Crippen LogP contribution in [0.2, 0.25) is 5.02 Å². The Bertz CT molecular complexity index is 371. The number of carbonyl (C=O) groups excluding carboxylic acids is 1. The maximum atomic E-state index is 11.4. The normalized spacial score (nSPS) is 11.9. The second kappa shape index (κ2) is 7.14. The van der Waals surface area contributed by atoms with E-state index in [-0.39, 0.29) is 25.0 Å². The summed E-state index contributed by atoms with van der Waals surface area (Å²) < 4.78 is 5.26. The van der Waals surface area contributed by atoms with E-state index in [2.05, 4.69) is 5.32 Å². The number of hydrogen-bond donors (Lipinski definition) is 2. The third-order valence-corrected chi connectivity index (χ3v) is 2.36. The van der Waals surface area contributed by atoms with Gasteiger partial charge in [-0.25, -0.2) is 0 Å². The smallest absolute Gasteiger partial charge is 0.257 e. The number of halogens is 1. The third kappa shape index (κ3) is 5.56. The lowest BCUT2D eigenvalue weighted by atomic mass is 10.2. The molecule has 1 aromatic carbocycles. The van der Waals surface area contributed by atoms with Crippen molar-refractivity contribution >= 4 is 17.5 Å². The van der Waals surface area contributed by atoms with Gasteiger partial charge in [-0.2, -0.15) is 0 Å². The number of carbonyl (C=O) groups is 1. The molecular formula is C12H16ClNO3. The van der Waals surface area contributed by atoms with E-state index in [4.69, 9.17) is 21.4 Å². The molecule has 1 amide bonds. The first-order chi connectivity index (χ1) is 8.11. The molecule has 0 aliphatic carbocycles. The Morgan fingerprint density at radius 2 is 2.35 bits per heavy atom. The van der Waals surface area contributed by atoms with Gasteiger partial charge in [-0.1, -0.05) is 24.6 Å². The van der Waals surface area contributed by atoms with Gasteiger partial charge in [0.2, 0.25) is 0 Å². The fourth-order valence-corrected chi connectivity index (χ4v) is 1.29. The van der Waals surface area contributed by atoms with Crippen molar-refractivity contribution in [2.45, 2.75) is 6.92 Å². The standard InChI is InChI=1S/C12H16ClNO3/c1-9(7-15)6-14-12(16)8-17-11-4-2-3-10(13)5-11/h2-5,9,15H,6-8H2,1H3,(H,14,16). The molecule has 4 nitrogen and oxygen atoms in total. The van der Waals surface area contributed by atoms with Crippen LogP contribution in [0.3, 0.4) is 0 Å². The lowest BCUT2D eigenvalue weighted by Crippen LogP contribution is -2.33. The van der Waals surface area contributed by atoms with Crippen molar-refractivity contribution in [3.63, 3.8) is 0 Å². The van der Waals surface area contributed by atoms with Gasteiger partial charge in [0.1, 0.15) is 5.75 Å². The highest BCUT2D eigenvalue weighted by Crippen LogP contribution is 2.16. The summed E-state index contributed by atoms with van der Waals surface area (Å²) in [5.41, 5.74) is 0. The van der Waals surface area contributed by atoms with Crippen molar-refractivity contribution in [2.75, 3.05) is 19.8 Å². The van der Waals surface area contributed by atoms with Gasteiger partial charge < -0.3 is 15.2 Å². The van der Waals surface area contributed by atoms with Crippen molar-refractivity contribution in [2.24, 2.45) is 5.92 Å². The van der Waals surface area contributed by atoms with E-state index in [0.717, 1.165) is 0 Å². The number of nitrogens with one attached hydrogen (secondary N) is 1. The molecule has 5 heteroatoms. The van der Waals surface area contributed by atoms with E-state index in [1.165, 1.54) is 0 Å². The Morgan fingerprint density at radius 1 is 1.59 bits per heavy atom. The predicted molar refractivity (Wildman–Crippen MR) is 66.2 cm³/mol. The second-order valence-electron chi connectivity index (χ2n) is 3.84. The Balaban J connectivity index is 2.28. The summed E-state index contributed by atoms with van der Waals surface area (Å²) in [6.07, 6.45) is 0. The van der Waals surface area contributed by atoms with Crippen LogP contribution >= 0.6 is 11.6 Å². The summed E-state index contributed by atoms with van der Waals surface area (Å²) in [6.45, 7) is 2.28. The van der Waals surface area contributed by atoms with Crippen LogP contribution in [-0.4, -0.2) is 30.8 Å². The van der Waals surface area contributed by atoms with Crippen LogP contribution in [0.4, 0.5) is 0 Å². The zero-order valence-corrected chi connectivity index (χ0v) is 10.4. The molecule has 0 aliphatic rings. The number of hydrogen-bond acceptors (Lipinski definition) is 3. The molecule has 0 radical (unpaired) electrons. The summed E-state index contributed by atoms with van der Waals surface area (Å²) in [7, 11) is 0. The van der Waals surface area contributed by atoms with Crippen molar-refractivity contribution in [1.29, 1.82) is 0 Å². The summed E-state index contributed by atoms with van der Waals surface area (Å²) in [5, 5.41) is 12.0. The van der Waals surface area contributed by atoms with Crippen LogP contribution < -0.4 is 10.1 Å². The number of amides is 1. The molecule has 0 spiro atoms.